The first kappa shape index (κ1) is 24.9. The second-order valence-electron chi connectivity index (χ2n) is 11.3. The van der Waals surface area contributed by atoms with Gasteiger partial charge < -0.3 is 14.2 Å². The number of piperidine rings is 1. The smallest absolute Gasteiger partial charge is 0.236 e. The van der Waals surface area contributed by atoms with Gasteiger partial charge in [0.25, 0.3) is 0 Å². The molecule has 4 heterocycles. The molecule has 0 saturated carbocycles. The number of aromatic nitrogens is 2. The zero-order chi connectivity index (χ0) is 25.3. The summed E-state index contributed by atoms with van der Waals surface area (Å²) >= 11 is 0. The Kier molecular flexibility index (Phi) is 7.15. The van der Waals surface area contributed by atoms with Gasteiger partial charge in [-0.3, -0.25) is 14.5 Å². The van der Waals surface area contributed by atoms with E-state index in [0.717, 1.165) is 76.0 Å². The summed E-state index contributed by atoms with van der Waals surface area (Å²) < 4.78 is 6.08. The third-order valence-electron chi connectivity index (χ3n) is 8.42. The second-order valence-corrected chi connectivity index (χ2v) is 11.3. The lowest BCUT2D eigenvalue weighted by Crippen LogP contribution is -2.45. The van der Waals surface area contributed by atoms with Crippen LogP contribution in [0.3, 0.4) is 0 Å². The molecular weight excluding hydrogens is 454 g/mol. The third kappa shape index (κ3) is 5.19. The molecule has 2 aromatic rings. The number of likely N-dealkylation sites (tertiary alicyclic amines) is 3. The SMILES string of the molecule is Cc1ccccc1CC(=O)N1CCC2(CC1)CC(c1nnc(C(C)C)o1)N(CC(=O)N1CCCC1)C2. The van der Waals surface area contributed by atoms with E-state index in [-0.39, 0.29) is 29.2 Å². The maximum Gasteiger partial charge on any atom is 0.236 e. The largest absolute Gasteiger partial charge is 0.423 e. The highest BCUT2D eigenvalue weighted by Gasteiger charge is 2.49. The van der Waals surface area contributed by atoms with Crippen LogP contribution in [-0.4, -0.2) is 76.0 Å². The van der Waals surface area contributed by atoms with Crippen LogP contribution >= 0.6 is 0 Å². The van der Waals surface area contributed by atoms with Gasteiger partial charge in [0.1, 0.15) is 0 Å². The van der Waals surface area contributed by atoms with Crippen molar-refractivity contribution in [1.82, 2.24) is 24.9 Å². The molecule has 0 N–H and O–H groups in total. The topological polar surface area (TPSA) is 82.8 Å². The van der Waals surface area contributed by atoms with Gasteiger partial charge in [0.15, 0.2) is 0 Å². The summed E-state index contributed by atoms with van der Waals surface area (Å²) in [7, 11) is 0. The van der Waals surface area contributed by atoms with E-state index in [1.54, 1.807) is 0 Å². The number of carbonyl (C=O) groups is 2. The van der Waals surface area contributed by atoms with E-state index in [0.29, 0.717) is 24.7 Å². The Morgan fingerprint density at radius 3 is 2.39 bits per heavy atom. The van der Waals surface area contributed by atoms with E-state index in [2.05, 4.69) is 28.1 Å². The van der Waals surface area contributed by atoms with E-state index in [1.165, 1.54) is 0 Å². The van der Waals surface area contributed by atoms with E-state index in [1.807, 2.05) is 41.8 Å². The zero-order valence-corrected chi connectivity index (χ0v) is 21.9. The number of nitrogens with zero attached hydrogens (tertiary/aromatic N) is 5. The number of benzene rings is 1. The Balaban J connectivity index is 1.27. The van der Waals surface area contributed by atoms with Gasteiger partial charge in [-0.1, -0.05) is 38.1 Å². The summed E-state index contributed by atoms with van der Waals surface area (Å²) in [6, 6.07) is 8.07. The van der Waals surface area contributed by atoms with E-state index >= 15 is 0 Å². The number of hydrogen-bond donors (Lipinski definition) is 0. The minimum absolute atomic E-state index is 0.0502. The average molecular weight is 494 g/mol. The molecule has 0 radical (unpaired) electrons. The number of carbonyl (C=O) groups excluding carboxylic acids is 2. The molecule has 8 nitrogen and oxygen atoms in total. The standard InChI is InChI=1S/C28H39N5O3/c1-20(2)26-29-30-27(36-26)23-17-28(19-33(23)18-25(35)31-12-6-7-13-31)10-14-32(15-11-28)24(34)16-22-9-5-4-8-21(22)3/h4-5,8-9,20,23H,6-7,10-19H2,1-3H3. The monoisotopic (exact) mass is 493 g/mol. The van der Waals surface area contributed by atoms with Crippen LogP contribution in [0.2, 0.25) is 0 Å². The third-order valence-corrected chi connectivity index (χ3v) is 8.42. The van der Waals surface area contributed by atoms with Crippen molar-refractivity contribution in [3.63, 3.8) is 0 Å². The molecule has 2 amide bonds. The van der Waals surface area contributed by atoms with Crippen molar-refractivity contribution in [2.24, 2.45) is 5.41 Å². The summed E-state index contributed by atoms with van der Waals surface area (Å²) in [5.41, 5.74) is 2.33. The van der Waals surface area contributed by atoms with Crippen LogP contribution in [0, 0.1) is 12.3 Å². The Bertz CT molecular complexity index is 1080. The molecule has 194 valence electrons. The molecular formula is C28H39N5O3. The number of aryl methyl sites for hydroxylation is 1. The highest BCUT2D eigenvalue weighted by atomic mass is 16.4. The molecule has 1 spiro atoms. The van der Waals surface area contributed by atoms with Crippen molar-refractivity contribution in [1.29, 1.82) is 0 Å². The zero-order valence-electron chi connectivity index (χ0n) is 21.9. The first-order valence-corrected chi connectivity index (χ1v) is 13.5. The minimum Gasteiger partial charge on any atom is -0.423 e. The predicted octanol–water partition coefficient (Wildman–Crippen LogP) is 3.72. The maximum atomic E-state index is 13.1. The van der Waals surface area contributed by atoms with Gasteiger partial charge in [0, 0.05) is 38.6 Å². The van der Waals surface area contributed by atoms with Crippen LogP contribution in [0.15, 0.2) is 28.7 Å². The van der Waals surface area contributed by atoms with Gasteiger partial charge in [-0.05, 0) is 55.6 Å². The van der Waals surface area contributed by atoms with Crippen molar-refractivity contribution in [2.45, 2.75) is 71.3 Å². The second kappa shape index (κ2) is 10.3. The van der Waals surface area contributed by atoms with Crippen molar-refractivity contribution in [3.05, 3.63) is 47.2 Å². The lowest BCUT2D eigenvalue weighted by Gasteiger charge is -2.39. The van der Waals surface area contributed by atoms with E-state index in [4.69, 9.17) is 4.42 Å². The predicted molar refractivity (Wildman–Crippen MR) is 136 cm³/mol. The van der Waals surface area contributed by atoms with Gasteiger partial charge >= 0.3 is 0 Å². The van der Waals surface area contributed by atoms with Crippen molar-refractivity contribution < 1.29 is 14.0 Å². The highest BCUT2D eigenvalue weighted by molar-refractivity contribution is 5.79. The quantitative estimate of drug-likeness (QED) is 0.610. The lowest BCUT2D eigenvalue weighted by molar-refractivity contribution is -0.132. The molecule has 3 saturated heterocycles. The van der Waals surface area contributed by atoms with Crippen molar-refractivity contribution in [3.8, 4) is 0 Å². The van der Waals surface area contributed by atoms with Crippen LogP contribution in [0.1, 0.15) is 80.8 Å². The van der Waals surface area contributed by atoms with Crippen LogP contribution in [0.5, 0.6) is 0 Å². The Morgan fingerprint density at radius 2 is 1.72 bits per heavy atom. The van der Waals surface area contributed by atoms with Crippen LogP contribution in [-0.2, 0) is 16.0 Å². The molecule has 3 aliphatic rings. The fraction of sp³-hybridized carbons (Fsp3) is 0.643. The first-order valence-electron chi connectivity index (χ1n) is 13.5. The molecule has 3 aliphatic heterocycles. The maximum absolute atomic E-state index is 13.1. The normalized spacial score (nSPS) is 22.2. The molecule has 1 aromatic heterocycles. The highest BCUT2D eigenvalue weighted by Crippen LogP contribution is 2.49. The van der Waals surface area contributed by atoms with Crippen molar-refractivity contribution >= 4 is 11.8 Å². The van der Waals surface area contributed by atoms with Gasteiger partial charge in [0.05, 0.1) is 19.0 Å². The number of amides is 2. The number of hydrogen-bond acceptors (Lipinski definition) is 6. The first-order chi connectivity index (χ1) is 17.3. The molecule has 3 fully saturated rings. The Hall–Kier alpha value is -2.74. The van der Waals surface area contributed by atoms with E-state index < -0.39 is 0 Å². The van der Waals surface area contributed by atoms with Crippen LogP contribution in [0.4, 0.5) is 0 Å². The number of rotatable bonds is 6. The van der Waals surface area contributed by atoms with E-state index in [9.17, 15) is 9.59 Å². The van der Waals surface area contributed by atoms with Crippen LogP contribution < -0.4 is 0 Å². The molecule has 0 bridgehead atoms. The average Bonchev–Trinajstić information content (AvgIpc) is 3.62. The molecule has 1 aromatic carbocycles. The fourth-order valence-corrected chi connectivity index (χ4v) is 6.09. The molecule has 36 heavy (non-hydrogen) atoms. The van der Waals surface area contributed by atoms with Gasteiger partial charge in [-0.15, -0.1) is 10.2 Å². The fourth-order valence-electron chi connectivity index (χ4n) is 6.09. The Morgan fingerprint density at radius 1 is 1.03 bits per heavy atom. The van der Waals surface area contributed by atoms with Gasteiger partial charge in [-0.2, -0.15) is 0 Å². The molecule has 5 rings (SSSR count). The lowest BCUT2D eigenvalue weighted by atomic mass is 9.76. The summed E-state index contributed by atoms with van der Waals surface area (Å²) in [6.45, 7) is 10.6. The van der Waals surface area contributed by atoms with Gasteiger partial charge in [-0.25, -0.2) is 0 Å². The minimum atomic E-state index is -0.0502. The molecule has 1 atom stereocenters. The van der Waals surface area contributed by atoms with Crippen LogP contribution in [0.25, 0.3) is 0 Å². The molecule has 1 unspecified atom stereocenters. The molecule has 8 heteroatoms. The summed E-state index contributed by atoms with van der Waals surface area (Å²) in [6.07, 6.45) is 5.39. The summed E-state index contributed by atoms with van der Waals surface area (Å²) in [5.74, 6) is 1.84. The van der Waals surface area contributed by atoms with Crippen molar-refractivity contribution in [2.75, 3.05) is 39.3 Å². The summed E-state index contributed by atoms with van der Waals surface area (Å²) in [5, 5.41) is 8.68. The van der Waals surface area contributed by atoms with Gasteiger partial charge in [0.2, 0.25) is 23.6 Å². The molecule has 0 aliphatic carbocycles. The summed E-state index contributed by atoms with van der Waals surface area (Å²) in [4.78, 5) is 32.4. The Labute approximate surface area is 214 Å².